The van der Waals surface area contributed by atoms with E-state index in [4.69, 9.17) is 9.47 Å². The van der Waals surface area contributed by atoms with Crippen molar-refractivity contribution in [3.8, 4) is 5.75 Å². The lowest BCUT2D eigenvalue weighted by Gasteiger charge is -2.34. The molecule has 2 saturated heterocycles. The SMILES string of the molecule is COc1ccc(CC(=O)N2CCC[C@@H]2C2CCCCC2)cc1S(=O)(=O)N1CCOCC1. The predicted octanol–water partition coefficient (Wildman–Crippen LogP) is 2.83. The molecule has 8 heteroatoms. The van der Waals surface area contributed by atoms with Crippen molar-refractivity contribution >= 4 is 15.9 Å². The van der Waals surface area contributed by atoms with E-state index >= 15 is 0 Å². The van der Waals surface area contributed by atoms with Gasteiger partial charge in [0.2, 0.25) is 15.9 Å². The highest BCUT2D eigenvalue weighted by atomic mass is 32.2. The number of sulfonamides is 1. The molecular weight excluding hydrogens is 416 g/mol. The van der Waals surface area contributed by atoms with Gasteiger partial charge in [0, 0.05) is 25.7 Å². The van der Waals surface area contributed by atoms with E-state index in [0.29, 0.717) is 49.6 Å². The van der Waals surface area contributed by atoms with Gasteiger partial charge in [-0.3, -0.25) is 4.79 Å². The maximum atomic E-state index is 13.2. The first-order chi connectivity index (χ1) is 15.0. The van der Waals surface area contributed by atoms with Crippen LogP contribution in [0.25, 0.3) is 0 Å². The van der Waals surface area contributed by atoms with Crippen LogP contribution in [0.5, 0.6) is 5.75 Å². The maximum absolute atomic E-state index is 13.2. The molecule has 1 aromatic carbocycles. The van der Waals surface area contributed by atoms with Crippen LogP contribution in [0.4, 0.5) is 0 Å². The second kappa shape index (κ2) is 9.88. The van der Waals surface area contributed by atoms with E-state index in [9.17, 15) is 13.2 Å². The summed E-state index contributed by atoms with van der Waals surface area (Å²) in [5.74, 6) is 1.03. The number of carbonyl (C=O) groups is 1. The van der Waals surface area contributed by atoms with Crippen LogP contribution in [0, 0.1) is 5.92 Å². The van der Waals surface area contributed by atoms with Crippen LogP contribution >= 0.6 is 0 Å². The van der Waals surface area contributed by atoms with Gasteiger partial charge >= 0.3 is 0 Å². The molecule has 0 aromatic heterocycles. The van der Waals surface area contributed by atoms with Crippen LogP contribution in [-0.2, 0) is 26.0 Å². The number of benzene rings is 1. The van der Waals surface area contributed by atoms with Gasteiger partial charge in [-0.25, -0.2) is 8.42 Å². The molecule has 31 heavy (non-hydrogen) atoms. The first-order valence-electron chi connectivity index (χ1n) is 11.5. The fraction of sp³-hybridized carbons (Fsp3) is 0.696. The Kier molecular flexibility index (Phi) is 7.19. The first kappa shape index (κ1) is 22.6. The highest BCUT2D eigenvalue weighted by Crippen LogP contribution is 2.35. The third kappa shape index (κ3) is 4.91. The van der Waals surface area contributed by atoms with Crippen molar-refractivity contribution in [1.29, 1.82) is 0 Å². The molecule has 0 spiro atoms. The summed E-state index contributed by atoms with van der Waals surface area (Å²) in [6.07, 6.45) is 8.66. The summed E-state index contributed by atoms with van der Waals surface area (Å²) < 4.78 is 38.5. The van der Waals surface area contributed by atoms with Crippen molar-refractivity contribution in [3.63, 3.8) is 0 Å². The van der Waals surface area contributed by atoms with Crippen LogP contribution in [0.3, 0.4) is 0 Å². The first-order valence-corrected chi connectivity index (χ1v) is 13.0. The van der Waals surface area contributed by atoms with Gasteiger partial charge in [-0.05, 0) is 49.3 Å². The Bertz CT molecular complexity index is 876. The van der Waals surface area contributed by atoms with E-state index in [2.05, 4.69) is 4.90 Å². The molecule has 1 atom stereocenters. The monoisotopic (exact) mass is 450 g/mol. The van der Waals surface area contributed by atoms with Gasteiger partial charge in [0.1, 0.15) is 10.6 Å². The number of hydrogen-bond donors (Lipinski definition) is 0. The summed E-state index contributed by atoms with van der Waals surface area (Å²) in [6, 6.07) is 5.44. The normalized spacial score (nSPS) is 23.8. The third-order valence-electron chi connectivity index (χ3n) is 6.98. The molecule has 2 heterocycles. The second-order valence-corrected chi connectivity index (χ2v) is 10.8. The minimum Gasteiger partial charge on any atom is -0.495 e. The summed E-state index contributed by atoms with van der Waals surface area (Å²) in [5.41, 5.74) is 0.715. The highest BCUT2D eigenvalue weighted by Gasteiger charge is 2.35. The molecule has 3 fully saturated rings. The Morgan fingerprint density at radius 3 is 2.52 bits per heavy atom. The average Bonchev–Trinajstić information content (AvgIpc) is 3.30. The van der Waals surface area contributed by atoms with Gasteiger partial charge in [0.05, 0.1) is 26.7 Å². The Labute approximate surface area is 185 Å². The number of amides is 1. The number of rotatable bonds is 6. The molecule has 172 valence electrons. The van der Waals surface area contributed by atoms with Gasteiger partial charge in [0.15, 0.2) is 0 Å². The molecule has 0 radical (unpaired) electrons. The van der Waals surface area contributed by atoms with Gasteiger partial charge in [0.25, 0.3) is 0 Å². The number of ether oxygens (including phenoxy) is 2. The van der Waals surface area contributed by atoms with E-state index < -0.39 is 10.0 Å². The zero-order valence-corrected chi connectivity index (χ0v) is 19.2. The fourth-order valence-corrected chi connectivity index (χ4v) is 6.96. The smallest absolute Gasteiger partial charge is 0.246 e. The zero-order chi connectivity index (χ0) is 21.8. The molecule has 1 saturated carbocycles. The van der Waals surface area contributed by atoms with Crippen molar-refractivity contribution in [3.05, 3.63) is 23.8 Å². The van der Waals surface area contributed by atoms with Crippen molar-refractivity contribution in [2.45, 2.75) is 62.3 Å². The van der Waals surface area contributed by atoms with E-state index in [1.54, 1.807) is 18.2 Å². The van der Waals surface area contributed by atoms with E-state index in [-0.39, 0.29) is 17.2 Å². The molecule has 4 rings (SSSR count). The molecule has 2 aliphatic heterocycles. The zero-order valence-electron chi connectivity index (χ0n) is 18.4. The lowest BCUT2D eigenvalue weighted by Crippen LogP contribution is -2.41. The van der Waals surface area contributed by atoms with Crippen molar-refractivity contribution in [2.24, 2.45) is 5.92 Å². The van der Waals surface area contributed by atoms with Crippen LogP contribution in [0.15, 0.2) is 23.1 Å². The minimum atomic E-state index is -3.71. The Morgan fingerprint density at radius 1 is 1.06 bits per heavy atom. The number of hydrogen-bond acceptors (Lipinski definition) is 5. The van der Waals surface area contributed by atoms with Crippen LogP contribution in [0.2, 0.25) is 0 Å². The summed E-state index contributed by atoms with van der Waals surface area (Å²) in [6.45, 7) is 2.24. The number of likely N-dealkylation sites (tertiary alicyclic amines) is 1. The topological polar surface area (TPSA) is 76.2 Å². The predicted molar refractivity (Wildman–Crippen MR) is 118 cm³/mol. The van der Waals surface area contributed by atoms with E-state index in [0.717, 1.165) is 19.4 Å². The molecule has 7 nitrogen and oxygen atoms in total. The maximum Gasteiger partial charge on any atom is 0.246 e. The molecule has 0 N–H and O–H groups in total. The molecule has 0 bridgehead atoms. The molecule has 3 aliphatic rings. The second-order valence-electron chi connectivity index (χ2n) is 8.87. The van der Waals surface area contributed by atoms with Gasteiger partial charge in [-0.2, -0.15) is 4.31 Å². The summed E-state index contributed by atoms with van der Waals surface area (Å²) in [4.78, 5) is 15.4. The van der Waals surface area contributed by atoms with Crippen molar-refractivity contribution in [2.75, 3.05) is 40.0 Å². The number of nitrogens with zero attached hydrogens (tertiary/aromatic N) is 2. The van der Waals surface area contributed by atoms with Crippen LogP contribution in [-0.4, -0.2) is 69.5 Å². The van der Waals surface area contributed by atoms with Gasteiger partial charge in [-0.15, -0.1) is 0 Å². The lowest BCUT2D eigenvalue weighted by atomic mass is 9.83. The summed E-state index contributed by atoms with van der Waals surface area (Å²) in [5, 5.41) is 0. The Hall–Kier alpha value is -1.64. The van der Waals surface area contributed by atoms with E-state index in [1.165, 1.54) is 43.5 Å². The quantitative estimate of drug-likeness (QED) is 0.666. The lowest BCUT2D eigenvalue weighted by molar-refractivity contribution is -0.132. The van der Waals surface area contributed by atoms with E-state index in [1.807, 2.05) is 0 Å². The Morgan fingerprint density at radius 2 is 1.81 bits per heavy atom. The molecule has 1 aromatic rings. The summed E-state index contributed by atoms with van der Waals surface area (Å²) >= 11 is 0. The number of methoxy groups -OCH3 is 1. The third-order valence-corrected chi connectivity index (χ3v) is 8.90. The highest BCUT2D eigenvalue weighted by molar-refractivity contribution is 7.89. The van der Waals surface area contributed by atoms with Crippen molar-refractivity contribution in [1.82, 2.24) is 9.21 Å². The molecule has 1 amide bonds. The number of carbonyl (C=O) groups excluding carboxylic acids is 1. The Balaban J connectivity index is 1.52. The summed E-state index contributed by atoms with van der Waals surface area (Å²) in [7, 11) is -2.24. The van der Waals surface area contributed by atoms with Crippen molar-refractivity contribution < 1.29 is 22.7 Å². The molecular formula is C23H34N2O5S. The molecule has 0 unspecified atom stereocenters. The standard InChI is InChI=1S/C23H34N2O5S/c1-29-21-10-9-18(16-22(21)31(27,28)24-12-14-30-15-13-24)17-23(26)25-11-5-8-20(25)19-6-3-2-4-7-19/h9-10,16,19-20H,2-8,11-15,17H2,1H3/t20-/m1/s1. The number of morpholine rings is 1. The average molecular weight is 451 g/mol. The minimum absolute atomic E-state index is 0.105. The van der Waals surface area contributed by atoms with Gasteiger partial charge in [-0.1, -0.05) is 25.3 Å². The van der Waals surface area contributed by atoms with Crippen LogP contribution < -0.4 is 4.74 Å². The van der Waals surface area contributed by atoms with Crippen LogP contribution in [0.1, 0.15) is 50.5 Å². The van der Waals surface area contributed by atoms with Gasteiger partial charge < -0.3 is 14.4 Å². The largest absolute Gasteiger partial charge is 0.495 e. The molecule has 1 aliphatic carbocycles. The fourth-order valence-electron chi connectivity index (χ4n) is 5.35.